The molecular weight excluding hydrogens is 382 g/mol. The molecule has 0 aromatic heterocycles. The van der Waals surface area contributed by atoms with E-state index < -0.39 is 0 Å². The Morgan fingerprint density at radius 1 is 0.839 bits per heavy atom. The van der Waals surface area contributed by atoms with Gasteiger partial charge < -0.3 is 0 Å². The highest BCUT2D eigenvalue weighted by Gasteiger charge is 2.60. The number of aliphatic imine (C=N–C) groups is 1. The second-order valence-electron chi connectivity index (χ2n) is 10.5. The molecule has 4 nitrogen and oxygen atoms in total. The van der Waals surface area contributed by atoms with Gasteiger partial charge in [-0.15, -0.1) is 0 Å². The number of carbonyl (C=O) groups is 1. The Labute approximate surface area is 188 Å². The van der Waals surface area contributed by atoms with E-state index in [0.29, 0.717) is 11.9 Å². The lowest BCUT2D eigenvalue weighted by atomic mass is 9.69. The van der Waals surface area contributed by atoms with Gasteiger partial charge >= 0.3 is 0 Å². The van der Waals surface area contributed by atoms with Gasteiger partial charge in [0, 0.05) is 0 Å². The first-order chi connectivity index (χ1) is 15.2. The normalized spacial score (nSPS) is 29.2. The van der Waals surface area contributed by atoms with Gasteiger partial charge in [0.2, 0.25) is 5.91 Å². The third kappa shape index (κ3) is 3.97. The molecule has 1 aromatic rings. The van der Waals surface area contributed by atoms with Crippen LogP contribution in [-0.4, -0.2) is 41.8 Å². The predicted octanol–water partition coefficient (Wildman–Crippen LogP) is 5.88. The van der Waals surface area contributed by atoms with Gasteiger partial charge in [0.1, 0.15) is 5.84 Å². The molecule has 2 aliphatic heterocycles. The molecule has 168 valence electrons. The molecule has 0 unspecified atom stereocenters. The summed E-state index contributed by atoms with van der Waals surface area (Å²) in [4.78, 5) is 24.5. The standard InChI is InChI=1S/C27H39N3O/c1-21-13-15-23(16-14-21)30-25(28-22-11-5-2-6-12-22)24(29-19-9-4-10-20-29)27(26(30)31)17-7-3-8-18-27/h13-16,22,24H,2-12,17-20H2,1H3/t24-/m0/s1. The summed E-state index contributed by atoms with van der Waals surface area (Å²) in [6.45, 7) is 4.35. The van der Waals surface area contributed by atoms with Gasteiger partial charge in [-0.25, -0.2) is 0 Å². The summed E-state index contributed by atoms with van der Waals surface area (Å²) >= 11 is 0. The summed E-state index contributed by atoms with van der Waals surface area (Å²) in [7, 11) is 0. The highest BCUT2D eigenvalue weighted by atomic mass is 16.2. The van der Waals surface area contributed by atoms with Crippen molar-refractivity contribution in [3.63, 3.8) is 0 Å². The van der Waals surface area contributed by atoms with Crippen LogP contribution in [0.1, 0.15) is 89.0 Å². The average Bonchev–Trinajstić information content (AvgIpc) is 3.03. The fraction of sp³-hybridized carbons (Fsp3) is 0.704. The molecule has 4 aliphatic rings. The molecule has 2 saturated carbocycles. The molecule has 1 spiro atoms. The van der Waals surface area contributed by atoms with E-state index in [0.717, 1.165) is 37.5 Å². The van der Waals surface area contributed by atoms with Gasteiger partial charge in [-0.3, -0.25) is 19.6 Å². The summed E-state index contributed by atoms with van der Waals surface area (Å²) in [5, 5.41) is 0. The fourth-order valence-corrected chi connectivity index (χ4v) is 6.64. The minimum absolute atomic E-state index is 0.170. The van der Waals surface area contributed by atoms with E-state index in [1.807, 2.05) is 0 Å². The second kappa shape index (κ2) is 9.05. The molecule has 2 heterocycles. The molecule has 0 radical (unpaired) electrons. The number of carbonyl (C=O) groups excluding carboxylic acids is 1. The number of hydrogen-bond donors (Lipinski definition) is 0. The van der Waals surface area contributed by atoms with E-state index in [-0.39, 0.29) is 11.5 Å². The van der Waals surface area contributed by atoms with Gasteiger partial charge in [0.15, 0.2) is 0 Å². The van der Waals surface area contributed by atoms with Crippen molar-refractivity contribution in [1.82, 2.24) is 4.90 Å². The molecule has 0 bridgehead atoms. The van der Waals surface area contributed by atoms with Crippen molar-refractivity contribution >= 4 is 17.4 Å². The number of amides is 1. The zero-order valence-electron chi connectivity index (χ0n) is 19.3. The molecule has 31 heavy (non-hydrogen) atoms. The number of amidine groups is 1. The van der Waals surface area contributed by atoms with E-state index in [9.17, 15) is 4.79 Å². The number of rotatable bonds is 3. The van der Waals surface area contributed by atoms with E-state index in [2.05, 4.69) is 41.0 Å². The lowest BCUT2D eigenvalue weighted by Gasteiger charge is -2.43. The second-order valence-corrected chi connectivity index (χ2v) is 10.5. The number of nitrogens with zero attached hydrogens (tertiary/aromatic N) is 3. The number of hydrogen-bond acceptors (Lipinski definition) is 3. The van der Waals surface area contributed by atoms with E-state index in [1.165, 1.54) is 76.2 Å². The summed E-state index contributed by atoms with van der Waals surface area (Å²) in [5.41, 5.74) is 1.99. The highest BCUT2D eigenvalue weighted by molar-refractivity contribution is 6.27. The highest BCUT2D eigenvalue weighted by Crippen LogP contribution is 2.50. The Morgan fingerprint density at radius 3 is 2.13 bits per heavy atom. The molecule has 2 saturated heterocycles. The quantitative estimate of drug-likeness (QED) is 0.611. The van der Waals surface area contributed by atoms with Gasteiger partial charge in [0.25, 0.3) is 0 Å². The summed E-state index contributed by atoms with van der Waals surface area (Å²) in [6, 6.07) is 9.11. The Hall–Kier alpha value is -1.68. The van der Waals surface area contributed by atoms with Crippen molar-refractivity contribution in [3.05, 3.63) is 29.8 Å². The molecule has 0 N–H and O–H groups in total. The topological polar surface area (TPSA) is 35.9 Å². The minimum atomic E-state index is -0.270. The number of aryl methyl sites for hydroxylation is 1. The third-order valence-corrected chi connectivity index (χ3v) is 8.31. The van der Waals surface area contributed by atoms with Crippen LogP contribution in [0, 0.1) is 12.3 Å². The van der Waals surface area contributed by atoms with Crippen LogP contribution in [0.25, 0.3) is 0 Å². The smallest absolute Gasteiger partial charge is 0.240 e. The van der Waals surface area contributed by atoms with Crippen molar-refractivity contribution in [3.8, 4) is 0 Å². The Balaban J connectivity index is 1.61. The van der Waals surface area contributed by atoms with E-state index in [4.69, 9.17) is 4.99 Å². The summed E-state index contributed by atoms with van der Waals surface area (Å²) < 4.78 is 0. The maximum atomic E-state index is 14.3. The molecule has 2 aliphatic carbocycles. The van der Waals surface area contributed by atoms with Crippen molar-refractivity contribution in [2.24, 2.45) is 10.4 Å². The lowest BCUT2D eigenvalue weighted by Crippen LogP contribution is -2.53. The van der Waals surface area contributed by atoms with Gasteiger partial charge in [0.05, 0.1) is 23.2 Å². The van der Waals surface area contributed by atoms with Gasteiger partial charge in [-0.05, 0) is 70.7 Å². The monoisotopic (exact) mass is 421 g/mol. The molecule has 1 amide bonds. The van der Waals surface area contributed by atoms with Gasteiger partial charge in [-0.2, -0.15) is 0 Å². The van der Waals surface area contributed by atoms with E-state index in [1.54, 1.807) is 0 Å². The molecular formula is C27H39N3O. The van der Waals surface area contributed by atoms with Crippen LogP contribution >= 0.6 is 0 Å². The number of likely N-dealkylation sites (tertiary alicyclic amines) is 1. The first-order valence-corrected chi connectivity index (χ1v) is 12.9. The van der Waals surface area contributed by atoms with Crippen LogP contribution in [-0.2, 0) is 4.79 Å². The largest absolute Gasteiger partial charge is 0.293 e. The number of anilines is 1. The molecule has 1 atom stereocenters. The third-order valence-electron chi connectivity index (χ3n) is 8.31. The number of piperidine rings is 1. The van der Waals surface area contributed by atoms with Gasteiger partial charge in [-0.1, -0.05) is 62.6 Å². The SMILES string of the molecule is Cc1ccc(N2C(=O)C3(CCCCC3)[C@@H](N3CCCCC3)C2=NC2CCCCC2)cc1. The van der Waals surface area contributed by atoms with Crippen LogP contribution < -0.4 is 4.90 Å². The van der Waals surface area contributed by atoms with Crippen molar-refractivity contribution < 1.29 is 4.79 Å². The van der Waals surface area contributed by atoms with Crippen LogP contribution in [0.4, 0.5) is 5.69 Å². The molecule has 5 rings (SSSR count). The number of benzene rings is 1. The Bertz CT molecular complexity index is 796. The van der Waals surface area contributed by atoms with Crippen molar-refractivity contribution in [1.29, 1.82) is 0 Å². The van der Waals surface area contributed by atoms with Crippen molar-refractivity contribution in [2.75, 3.05) is 18.0 Å². The first kappa shape index (κ1) is 21.2. The zero-order chi connectivity index (χ0) is 21.3. The predicted molar refractivity (Wildman–Crippen MR) is 128 cm³/mol. The van der Waals surface area contributed by atoms with Crippen LogP contribution in [0.3, 0.4) is 0 Å². The lowest BCUT2D eigenvalue weighted by molar-refractivity contribution is -0.130. The zero-order valence-corrected chi connectivity index (χ0v) is 19.3. The van der Waals surface area contributed by atoms with E-state index >= 15 is 0 Å². The minimum Gasteiger partial charge on any atom is -0.293 e. The Kier molecular flexibility index (Phi) is 6.19. The maximum Gasteiger partial charge on any atom is 0.240 e. The fourth-order valence-electron chi connectivity index (χ4n) is 6.64. The Morgan fingerprint density at radius 2 is 1.45 bits per heavy atom. The maximum absolute atomic E-state index is 14.3. The van der Waals surface area contributed by atoms with Crippen molar-refractivity contribution in [2.45, 2.75) is 102 Å². The van der Waals surface area contributed by atoms with Crippen LogP contribution in [0.15, 0.2) is 29.3 Å². The molecule has 1 aromatic carbocycles. The molecule has 4 fully saturated rings. The molecule has 4 heteroatoms. The van der Waals surface area contributed by atoms with Crippen LogP contribution in [0.5, 0.6) is 0 Å². The summed E-state index contributed by atoms with van der Waals surface area (Å²) in [6.07, 6.45) is 15.7. The van der Waals surface area contributed by atoms with Crippen LogP contribution in [0.2, 0.25) is 0 Å². The summed E-state index contributed by atoms with van der Waals surface area (Å²) in [5.74, 6) is 1.42. The average molecular weight is 422 g/mol. The first-order valence-electron chi connectivity index (χ1n) is 12.9.